The average molecular weight is 144 g/mol. The van der Waals surface area contributed by atoms with Gasteiger partial charge < -0.3 is 10.2 Å². The number of rotatable bonds is 2. The number of carbonyl (C=O) groups is 1. The molecule has 0 aliphatic heterocycles. The molecule has 3 nitrogen and oxygen atoms in total. The van der Waals surface area contributed by atoms with Gasteiger partial charge in [0.2, 0.25) is 0 Å². The van der Waals surface area contributed by atoms with Crippen molar-refractivity contribution >= 4 is 5.78 Å². The van der Waals surface area contributed by atoms with Crippen molar-refractivity contribution in [1.29, 1.82) is 0 Å². The molecular formula is C7H12O3. The third kappa shape index (κ3) is 1.36. The van der Waals surface area contributed by atoms with Crippen molar-refractivity contribution in [2.24, 2.45) is 5.92 Å². The molecule has 2 unspecified atom stereocenters. The molecule has 0 radical (unpaired) electrons. The van der Waals surface area contributed by atoms with Gasteiger partial charge >= 0.3 is 0 Å². The summed E-state index contributed by atoms with van der Waals surface area (Å²) in [6, 6.07) is 0. The van der Waals surface area contributed by atoms with Crippen LogP contribution in [0, 0.1) is 5.92 Å². The Balaban J connectivity index is 2.46. The fourth-order valence-electron chi connectivity index (χ4n) is 1.38. The van der Waals surface area contributed by atoms with E-state index in [1.165, 1.54) is 0 Å². The molecule has 1 aliphatic carbocycles. The van der Waals surface area contributed by atoms with Crippen molar-refractivity contribution in [2.45, 2.75) is 25.4 Å². The van der Waals surface area contributed by atoms with Crippen molar-refractivity contribution in [3.63, 3.8) is 0 Å². The summed E-state index contributed by atoms with van der Waals surface area (Å²) in [5, 5.41) is 17.6. The van der Waals surface area contributed by atoms with Crippen LogP contribution in [0.4, 0.5) is 0 Å². The molecule has 1 rings (SSSR count). The second-order valence-corrected chi connectivity index (χ2v) is 2.71. The summed E-state index contributed by atoms with van der Waals surface area (Å²) in [5.74, 6) is -0.188. The highest BCUT2D eigenvalue weighted by Gasteiger charge is 2.30. The van der Waals surface area contributed by atoms with Gasteiger partial charge in [0.05, 0.1) is 12.7 Å². The highest BCUT2D eigenvalue weighted by Crippen LogP contribution is 2.23. The lowest BCUT2D eigenvalue weighted by Gasteiger charge is -2.12. The molecule has 3 heteroatoms. The van der Waals surface area contributed by atoms with Crippen LogP contribution in [0.1, 0.15) is 19.3 Å². The molecule has 0 spiro atoms. The van der Waals surface area contributed by atoms with Crippen LogP contribution in [-0.2, 0) is 4.79 Å². The largest absolute Gasteiger partial charge is 0.394 e. The monoisotopic (exact) mass is 144 g/mol. The second-order valence-electron chi connectivity index (χ2n) is 2.71. The van der Waals surface area contributed by atoms with Gasteiger partial charge in [0.15, 0.2) is 0 Å². The van der Waals surface area contributed by atoms with E-state index in [1.807, 2.05) is 0 Å². The highest BCUT2D eigenvalue weighted by molar-refractivity contribution is 5.83. The van der Waals surface area contributed by atoms with Gasteiger partial charge in [-0.1, -0.05) is 0 Å². The normalized spacial score (nSPS) is 29.0. The SMILES string of the molecule is O=C1CCCC1C(O)CO. The molecule has 0 bridgehead atoms. The molecule has 1 aliphatic rings. The fraction of sp³-hybridized carbons (Fsp3) is 0.857. The van der Waals surface area contributed by atoms with Crippen LogP contribution in [0.25, 0.3) is 0 Å². The molecule has 0 amide bonds. The van der Waals surface area contributed by atoms with E-state index < -0.39 is 6.10 Å². The molecular weight excluding hydrogens is 132 g/mol. The zero-order chi connectivity index (χ0) is 7.56. The quantitative estimate of drug-likeness (QED) is 0.560. The number of aliphatic hydroxyl groups excluding tert-OH is 2. The first-order valence-electron chi connectivity index (χ1n) is 3.57. The van der Waals surface area contributed by atoms with E-state index in [9.17, 15) is 4.79 Å². The van der Waals surface area contributed by atoms with E-state index in [0.717, 1.165) is 12.8 Å². The molecule has 58 valence electrons. The topological polar surface area (TPSA) is 57.5 Å². The van der Waals surface area contributed by atoms with Crippen LogP contribution < -0.4 is 0 Å². The van der Waals surface area contributed by atoms with E-state index in [0.29, 0.717) is 6.42 Å². The number of Topliss-reactive ketones (excluding diaryl/α,β-unsaturated/α-hetero) is 1. The van der Waals surface area contributed by atoms with E-state index in [2.05, 4.69) is 0 Å². The van der Waals surface area contributed by atoms with Crippen molar-refractivity contribution in [1.82, 2.24) is 0 Å². The Labute approximate surface area is 59.7 Å². The van der Waals surface area contributed by atoms with Gasteiger partial charge in [0.1, 0.15) is 5.78 Å². The molecule has 1 saturated carbocycles. The maximum Gasteiger partial charge on any atom is 0.138 e. The first kappa shape index (κ1) is 7.69. The van der Waals surface area contributed by atoms with E-state index in [4.69, 9.17) is 10.2 Å². The number of aliphatic hydroxyl groups is 2. The Morgan fingerprint density at radius 2 is 2.40 bits per heavy atom. The zero-order valence-corrected chi connectivity index (χ0v) is 5.79. The zero-order valence-electron chi connectivity index (χ0n) is 5.79. The second kappa shape index (κ2) is 3.12. The van der Waals surface area contributed by atoms with E-state index >= 15 is 0 Å². The third-order valence-corrected chi connectivity index (χ3v) is 2.00. The Morgan fingerprint density at radius 3 is 2.80 bits per heavy atom. The maximum absolute atomic E-state index is 10.9. The molecule has 1 fully saturated rings. The first-order chi connectivity index (χ1) is 4.75. The summed E-state index contributed by atoms with van der Waals surface area (Å²) in [7, 11) is 0. The van der Waals surface area contributed by atoms with Gasteiger partial charge in [0, 0.05) is 12.3 Å². The fourth-order valence-corrected chi connectivity index (χ4v) is 1.38. The minimum Gasteiger partial charge on any atom is -0.394 e. The molecule has 10 heavy (non-hydrogen) atoms. The van der Waals surface area contributed by atoms with Gasteiger partial charge in [-0.3, -0.25) is 4.79 Å². The van der Waals surface area contributed by atoms with Crippen molar-refractivity contribution in [3.05, 3.63) is 0 Å². The Bertz CT molecular complexity index is 133. The summed E-state index contributed by atoms with van der Waals surface area (Å²) in [6.45, 7) is -0.295. The van der Waals surface area contributed by atoms with Gasteiger partial charge in [-0.05, 0) is 12.8 Å². The summed E-state index contributed by atoms with van der Waals surface area (Å²) in [6.07, 6.45) is 1.35. The summed E-state index contributed by atoms with van der Waals surface area (Å²) >= 11 is 0. The smallest absolute Gasteiger partial charge is 0.138 e. The predicted octanol–water partition coefficient (Wildman–Crippen LogP) is -0.291. The van der Waals surface area contributed by atoms with Crippen molar-refractivity contribution in [3.8, 4) is 0 Å². The van der Waals surface area contributed by atoms with E-state index in [1.54, 1.807) is 0 Å². The van der Waals surface area contributed by atoms with Crippen LogP contribution in [0.5, 0.6) is 0 Å². The van der Waals surface area contributed by atoms with Gasteiger partial charge in [0.25, 0.3) is 0 Å². The lowest BCUT2D eigenvalue weighted by atomic mass is 10.0. The summed E-state index contributed by atoms with van der Waals surface area (Å²) < 4.78 is 0. The molecule has 2 atom stereocenters. The summed E-state index contributed by atoms with van der Waals surface area (Å²) in [4.78, 5) is 10.9. The van der Waals surface area contributed by atoms with Gasteiger partial charge in [-0.15, -0.1) is 0 Å². The Hall–Kier alpha value is -0.410. The molecule has 0 aromatic rings. The molecule has 0 aromatic carbocycles. The Morgan fingerprint density at radius 1 is 1.70 bits per heavy atom. The minimum atomic E-state index is -0.824. The molecule has 2 N–H and O–H groups in total. The van der Waals surface area contributed by atoms with Gasteiger partial charge in [-0.25, -0.2) is 0 Å². The number of hydrogen-bond acceptors (Lipinski definition) is 3. The Kier molecular flexibility index (Phi) is 2.40. The highest BCUT2D eigenvalue weighted by atomic mass is 16.3. The average Bonchev–Trinajstić information content (AvgIpc) is 2.34. The van der Waals surface area contributed by atoms with Crippen molar-refractivity contribution in [2.75, 3.05) is 6.61 Å². The van der Waals surface area contributed by atoms with Crippen LogP contribution in [0.15, 0.2) is 0 Å². The molecule has 0 saturated heterocycles. The maximum atomic E-state index is 10.9. The lowest BCUT2D eigenvalue weighted by molar-refractivity contribution is -0.124. The molecule has 0 aromatic heterocycles. The standard InChI is InChI=1S/C7H12O3/c8-4-7(10)5-2-1-3-6(5)9/h5,7-8,10H,1-4H2. The van der Waals surface area contributed by atoms with E-state index in [-0.39, 0.29) is 18.3 Å². The summed E-state index contributed by atoms with van der Waals surface area (Å²) in [5.41, 5.74) is 0. The van der Waals surface area contributed by atoms with Crippen LogP contribution >= 0.6 is 0 Å². The van der Waals surface area contributed by atoms with Crippen LogP contribution in [0.3, 0.4) is 0 Å². The third-order valence-electron chi connectivity index (χ3n) is 2.00. The van der Waals surface area contributed by atoms with Crippen molar-refractivity contribution < 1.29 is 15.0 Å². The number of carbonyl (C=O) groups excluding carboxylic acids is 1. The van der Waals surface area contributed by atoms with Gasteiger partial charge in [-0.2, -0.15) is 0 Å². The number of hydrogen-bond donors (Lipinski definition) is 2. The molecule has 0 heterocycles. The first-order valence-corrected chi connectivity index (χ1v) is 3.57. The van der Waals surface area contributed by atoms with Crippen LogP contribution in [0.2, 0.25) is 0 Å². The number of ketones is 1. The minimum absolute atomic E-state index is 0.0987. The van der Waals surface area contributed by atoms with Crippen LogP contribution in [-0.4, -0.2) is 28.7 Å². The lowest BCUT2D eigenvalue weighted by Crippen LogP contribution is -2.26. The predicted molar refractivity (Wildman–Crippen MR) is 35.4 cm³/mol.